The normalized spacial score (nSPS) is 12.1. The zero-order valence-corrected chi connectivity index (χ0v) is 12.8. The summed E-state index contributed by atoms with van der Waals surface area (Å²) in [6.07, 6.45) is 0. The lowest BCUT2D eigenvalue weighted by Crippen LogP contribution is -2.45. The van der Waals surface area contributed by atoms with Crippen molar-refractivity contribution in [1.29, 1.82) is 0 Å². The summed E-state index contributed by atoms with van der Waals surface area (Å²) in [4.78, 5) is 23.3. The molecule has 0 aliphatic heterocycles. The molecule has 0 bridgehead atoms. The summed E-state index contributed by atoms with van der Waals surface area (Å²) in [5.41, 5.74) is 2.14. The summed E-state index contributed by atoms with van der Waals surface area (Å²) < 4.78 is 5.49. The minimum atomic E-state index is -0.454. The number of amides is 1. The molecule has 1 aromatic rings. The van der Waals surface area contributed by atoms with Gasteiger partial charge in [-0.2, -0.15) is 0 Å². The van der Waals surface area contributed by atoms with E-state index in [4.69, 9.17) is 4.74 Å². The third-order valence-corrected chi connectivity index (χ3v) is 3.11. The third kappa shape index (κ3) is 4.68. The smallest absolute Gasteiger partial charge is 0.258 e. The van der Waals surface area contributed by atoms with Crippen molar-refractivity contribution in [1.82, 2.24) is 5.32 Å². The van der Waals surface area contributed by atoms with Gasteiger partial charge >= 0.3 is 0 Å². The maximum absolute atomic E-state index is 11.8. The fraction of sp³-hybridized carbons (Fsp3) is 0.500. The lowest BCUT2D eigenvalue weighted by Gasteiger charge is -2.19. The molecular weight excluding hydrogens is 254 g/mol. The molecule has 0 saturated carbocycles. The van der Waals surface area contributed by atoms with Crippen LogP contribution in [0.3, 0.4) is 0 Å². The SMILES string of the molecule is CC(=O)C(NC(=O)COc1ccc(C)cc1C)C(C)C. The highest BCUT2D eigenvalue weighted by Crippen LogP contribution is 2.18. The predicted octanol–water partition coefficient (Wildman–Crippen LogP) is 2.41. The van der Waals surface area contributed by atoms with Gasteiger partial charge in [0.25, 0.3) is 5.91 Å². The Kier molecular flexibility index (Phi) is 5.74. The van der Waals surface area contributed by atoms with Gasteiger partial charge in [-0.25, -0.2) is 0 Å². The number of hydrogen-bond acceptors (Lipinski definition) is 3. The molecule has 1 aromatic carbocycles. The number of benzene rings is 1. The molecule has 0 radical (unpaired) electrons. The van der Waals surface area contributed by atoms with Crippen LogP contribution in [0.4, 0.5) is 0 Å². The van der Waals surface area contributed by atoms with Crippen molar-refractivity contribution >= 4 is 11.7 Å². The molecule has 0 fully saturated rings. The van der Waals surface area contributed by atoms with Crippen molar-refractivity contribution in [2.75, 3.05) is 6.61 Å². The topological polar surface area (TPSA) is 55.4 Å². The molecule has 20 heavy (non-hydrogen) atoms. The fourth-order valence-electron chi connectivity index (χ4n) is 2.06. The maximum Gasteiger partial charge on any atom is 0.258 e. The average Bonchev–Trinajstić information content (AvgIpc) is 2.34. The van der Waals surface area contributed by atoms with E-state index >= 15 is 0 Å². The van der Waals surface area contributed by atoms with E-state index in [1.165, 1.54) is 6.92 Å². The number of aryl methyl sites for hydroxylation is 2. The van der Waals surface area contributed by atoms with Gasteiger partial charge in [0.2, 0.25) is 0 Å². The van der Waals surface area contributed by atoms with Gasteiger partial charge in [-0.1, -0.05) is 31.5 Å². The molecule has 4 heteroatoms. The average molecular weight is 277 g/mol. The molecule has 1 amide bonds. The zero-order valence-electron chi connectivity index (χ0n) is 12.8. The Morgan fingerprint density at radius 2 is 1.90 bits per heavy atom. The minimum Gasteiger partial charge on any atom is -0.484 e. The highest BCUT2D eigenvalue weighted by Gasteiger charge is 2.20. The van der Waals surface area contributed by atoms with Gasteiger partial charge in [-0.15, -0.1) is 0 Å². The number of carbonyl (C=O) groups is 2. The van der Waals surface area contributed by atoms with Crippen molar-refractivity contribution in [3.63, 3.8) is 0 Å². The van der Waals surface area contributed by atoms with Crippen LogP contribution in [0, 0.1) is 19.8 Å². The van der Waals surface area contributed by atoms with E-state index in [9.17, 15) is 9.59 Å². The largest absolute Gasteiger partial charge is 0.484 e. The van der Waals surface area contributed by atoms with Crippen LogP contribution in [0.1, 0.15) is 31.9 Å². The molecule has 0 aromatic heterocycles. The molecule has 1 atom stereocenters. The van der Waals surface area contributed by atoms with Crippen LogP contribution < -0.4 is 10.1 Å². The summed E-state index contributed by atoms with van der Waals surface area (Å²) in [7, 11) is 0. The van der Waals surface area contributed by atoms with E-state index in [-0.39, 0.29) is 24.2 Å². The zero-order chi connectivity index (χ0) is 15.3. The lowest BCUT2D eigenvalue weighted by molar-refractivity contribution is -0.129. The van der Waals surface area contributed by atoms with Gasteiger partial charge in [0.15, 0.2) is 12.4 Å². The highest BCUT2D eigenvalue weighted by molar-refractivity contribution is 5.88. The number of ether oxygens (including phenoxy) is 1. The molecule has 0 aliphatic carbocycles. The number of carbonyl (C=O) groups excluding carboxylic acids is 2. The van der Waals surface area contributed by atoms with Gasteiger partial charge < -0.3 is 10.1 Å². The van der Waals surface area contributed by atoms with Crippen molar-refractivity contribution < 1.29 is 14.3 Å². The first-order chi connectivity index (χ1) is 9.31. The Morgan fingerprint density at radius 1 is 1.25 bits per heavy atom. The number of rotatable bonds is 6. The third-order valence-electron chi connectivity index (χ3n) is 3.11. The van der Waals surface area contributed by atoms with Gasteiger partial charge in [-0.05, 0) is 38.3 Å². The van der Waals surface area contributed by atoms with Crippen LogP contribution in [0.15, 0.2) is 18.2 Å². The van der Waals surface area contributed by atoms with Crippen molar-refractivity contribution in [2.45, 2.75) is 40.7 Å². The fourth-order valence-corrected chi connectivity index (χ4v) is 2.06. The second-order valence-corrected chi connectivity index (χ2v) is 5.46. The van der Waals surface area contributed by atoms with Crippen molar-refractivity contribution in [2.24, 2.45) is 5.92 Å². The van der Waals surface area contributed by atoms with Gasteiger partial charge in [0, 0.05) is 0 Å². The first-order valence-corrected chi connectivity index (χ1v) is 6.81. The second kappa shape index (κ2) is 7.08. The number of Topliss-reactive ketones (excluding diaryl/α,β-unsaturated/α-hetero) is 1. The molecule has 0 saturated heterocycles. The quantitative estimate of drug-likeness (QED) is 0.868. The van der Waals surface area contributed by atoms with Gasteiger partial charge in [0.05, 0.1) is 6.04 Å². The Balaban J connectivity index is 2.57. The van der Waals surface area contributed by atoms with Crippen LogP contribution >= 0.6 is 0 Å². The van der Waals surface area contributed by atoms with Crippen LogP contribution in [-0.4, -0.2) is 24.3 Å². The van der Waals surface area contributed by atoms with E-state index in [1.54, 1.807) is 0 Å². The summed E-state index contributed by atoms with van der Waals surface area (Å²) in [6.45, 7) is 9.14. The molecule has 0 heterocycles. The molecule has 0 aliphatic rings. The summed E-state index contributed by atoms with van der Waals surface area (Å²) in [5.74, 6) is 0.436. The van der Waals surface area contributed by atoms with E-state index in [0.29, 0.717) is 5.75 Å². The molecule has 1 rings (SSSR count). The molecule has 1 N–H and O–H groups in total. The lowest BCUT2D eigenvalue weighted by atomic mass is 10.0. The van der Waals surface area contributed by atoms with E-state index in [0.717, 1.165) is 11.1 Å². The molecule has 4 nitrogen and oxygen atoms in total. The second-order valence-electron chi connectivity index (χ2n) is 5.46. The molecule has 0 spiro atoms. The van der Waals surface area contributed by atoms with Crippen LogP contribution in [0.5, 0.6) is 5.75 Å². The Labute approximate surface area is 120 Å². The minimum absolute atomic E-state index is 0.0418. The Morgan fingerprint density at radius 3 is 2.40 bits per heavy atom. The first-order valence-electron chi connectivity index (χ1n) is 6.81. The summed E-state index contributed by atoms with van der Waals surface area (Å²) in [5, 5.41) is 2.70. The number of nitrogens with one attached hydrogen (secondary N) is 1. The Hall–Kier alpha value is -1.84. The predicted molar refractivity (Wildman–Crippen MR) is 78.9 cm³/mol. The van der Waals surface area contributed by atoms with E-state index in [1.807, 2.05) is 45.9 Å². The van der Waals surface area contributed by atoms with Crippen LogP contribution in [0.2, 0.25) is 0 Å². The van der Waals surface area contributed by atoms with Gasteiger partial charge in [-0.3, -0.25) is 9.59 Å². The summed E-state index contributed by atoms with van der Waals surface area (Å²) >= 11 is 0. The van der Waals surface area contributed by atoms with E-state index in [2.05, 4.69) is 5.32 Å². The summed E-state index contributed by atoms with van der Waals surface area (Å²) in [6, 6.07) is 5.33. The molecule has 1 unspecified atom stereocenters. The highest BCUT2D eigenvalue weighted by atomic mass is 16.5. The van der Waals surface area contributed by atoms with E-state index < -0.39 is 6.04 Å². The number of hydrogen-bond donors (Lipinski definition) is 1. The van der Waals surface area contributed by atoms with Crippen molar-refractivity contribution in [3.8, 4) is 5.75 Å². The van der Waals surface area contributed by atoms with Crippen molar-refractivity contribution in [3.05, 3.63) is 29.3 Å². The Bertz CT molecular complexity index is 494. The maximum atomic E-state index is 11.8. The monoisotopic (exact) mass is 277 g/mol. The first kappa shape index (κ1) is 16.2. The van der Waals surface area contributed by atoms with Crippen LogP contribution in [0.25, 0.3) is 0 Å². The van der Waals surface area contributed by atoms with Crippen LogP contribution in [-0.2, 0) is 9.59 Å². The standard InChI is InChI=1S/C16H23NO3/c1-10(2)16(13(5)18)17-15(19)9-20-14-7-6-11(3)8-12(14)4/h6-8,10,16H,9H2,1-5H3,(H,17,19). The van der Waals surface area contributed by atoms with Gasteiger partial charge in [0.1, 0.15) is 5.75 Å². The number of ketones is 1. The molecule has 110 valence electrons. The molecular formula is C16H23NO3.